The van der Waals surface area contributed by atoms with Crippen LogP contribution in [0.2, 0.25) is 0 Å². The predicted octanol–water partition coefficient (Wildman–Crippen LogP) is 16.4. The van der Waals surface area contributed by atoms with E-state index in [2.05, 4.69) is 174 Å². The van der Waals surface area contributed by atoms with Crippen LogP contribution in [0.4, 0.5) is 0 Å². The number of aromatic nitrogens is 5. The van der Waals surface area contributed by atoms with Crippen molar-refractivity contribution in [1.29, 1.82) is 10.5 Å². The minimum absolute atomic E-state index is 0.572. The highest BCUT2D eigenvalue weighted by Gasteiger charge is 2.27. The fraction of sp³-hybridized carbons (Fsp3) is 0. The number of nitriles is 2. The normalized spacial score (nSPS) is 11.9. The van der Waals surface area contributed by atoms with Gasteiger partial charge in [0, 0.05) is 60.4 Å². The lowest BCUT2D eigenvalue weighted by atomic mass is 9.93. The third-order valence-corrected chi connectivity index (χ3v) is 14.7. The van der Waals surface area contributed by atoms with Crippen LogP contribution < -0.4 is 0 Å². The van der Waals surface area contributed by atoms with E-state index in [1.54, 1.807) is 0 Å². The number of hydrogen-bond donors (Lipinski definition) is 2. The van der Waals surface area contributed by atoms with Crippen LogP contribution in [-0.2, 0) is 0 Å². The van der Waals surface area contributed by atoms with E-state index in [0.29, 0.717) is 22.6 Å². The van der Waals surface area contributed by atoms with Crippen molar-refractivity contribution in [3.63, 3.8) is 0 Å². The molecule has 2 aliphatic rings. The maximum absolute atomic E-state index is 10.0. The van der Waals surface area contributed by atoms with E-state index in [4.69, 9.17) is 15.0 Å². The number of H-pyrrole nitrogens is 2. The highest BCUT2D eigenvalue weighted by molar-refractivity contribution is 6.20. The van der Waals surface area contributed by atoms with E-state index in [1.807, 2.05) is 48.5 Å². The second-order valence-corrected chi connectivity index (χ2v) is 18.8. The van der Waals surface area contributed by atoms with Crippen LogP contribution in [0.25, 0.3) is 154 Å². The molecule has 0 radical (unpaired) electrons. The average Bonchev–Trinajstić information content (AvgIpc) is 4.16. The van der Waals surface area contributed by atoms with Gasteiger partial charge in [-0.25, -0.2) is 15.0 Å². The van der Waals surface area contributed by atoms with Crippen LogP contribution in [0.1, 0.15) is 11.1 Å². The molecule has 2 N–H and O–H groups in total. The summed E-state index contributed by atoms with van der Waals surface area (Å²) in [5.74, 6) is 0.575. The summed E-state index contributed by atoms with van der Waals surface area (Å²) >= 11 is 0. The summed E-state index contributed by atoms with van der Waals surface area (Å²) in [5, 5.41) is 32.8. The van der Waals surface area contributed by atoms with Crippen molar-refractivity contribution < 1.29 is 0 Å². The molecule has 5 heterocycles. The molecule has 0 saturated heterocycles. The molecule has 7 nitrogen and oxygen atoms in total. The molecule has 72 heavy (non-hydrogen) atoms. The van der Waals surface area contributed by atoms with Crippen LogP contribution in [0.3, 0.4) is 0 Å². The summed E-state index contributed by atoms with van der Waals surface area (Å²) in [7, 11) is 0. The Hall–Kier alpha value is -10.2. The third kappa shape index (κ3) is 5.99. The quantitative estimate of drug-likeness (QED) is 0.179. The second-order valence-electron chi connectivity index (χ2n) is 18.8. The van der Waals surface area contributed by atoms with E-state index < -0.39 is 0 Å². The highest BCUT2D eigenvalue weighted by Crippen LogP contribution is 2.49. The molecule has 10 aromatic carbocycles. The highest BCUT2D eigenvalue weighted by atomic mass is 15.0. The molecule has 13 aromatic rings. The van der Waals surface area contributed by atoms with E-state index >= 15 is 0 Å². The fourth-order valence-electron chi connectivity index (χ4n) is 11.2. The summed E-state index contributed by atoms with van der Waals surface area (Å²) < 4.78 is 0. The Labute approximate surface area is 411 Å². The standard InChI is InChI=1S/C65H35N7/c66-34-36-17-21-38(22-18-36)58-60-50-27-42-11-3-1-9-40(42)25-48(50)56(68-60)33-57-49-26-41-10-2-4-12-43(41)28-51(49)61(69-57)59(39-23-19-37(35-67)20-24-39)63-53-30-45-14-6-8-16-47(45)32-55(53)65(71-63)72-64-54-31-46-15-7-5-13-44(46)29-52(54)62(58)70-64/h1-33,68H,(H,70,71,72). The van der Waals surface area contributed by atoms with Gasteiger partial charge in [0.25, 0.3) is 0 Å². The molecule has 0 aliphatic carbocycles. The molecular weight excluding hydrogens is 879 g/mol. The van der Waals surface area contributed by atoms with Crippen molar-refractivity contribution in [1.82, 2.24) is 24.9 Å². The monoisotopic (exact) mass is 913 g/mol. The molecule has 0 spiro atoms. The van der Waals surface area contributed by atoms with Gasteiger partial charge in [-0.1, -0.05) is 121 Å². The van der Waals surface area contributed by atoms with Crippen LogP contribution >= 0.6 is 0 Å². The minimum Gasteiger partial charge on any atom is -0.354 e. The Bertz CT molecular complexity index is 4510. The first-order chi connectivity index (χ1) is 35.5. The van der Waals surface area contributed by atoms with Gasteiger partial charge in [0.2, 0.25) is 0 Å². The topological polar surface area (TPSA) is 118 Å². The summed E-state index contributed by atoms with van der Waals surface area (Å²) in [6.45, 7) is 0. The summed E-state index contributed by atoms with van der Waals surface area (Å²) in [6, 6.07) is 74.3. The predicted molar refractivity (Wildman–Crippen MR) is 293 cm³/mol. The first-order valence-corrected chi connectivity index (χ1v) is 23.9. The third-order valence-electron chi connectivity index (χ3n) is 14.7. The molecule has 7 heteroatoms. The molecule has 8 bridgehead atoms. The van der Waals surface area contributed by atoms with Crippen LogP contribution in [0.5, 0.6) is 0 Å². The molecule has 0 fully saturated rings. The largest absolute Gasteiger partial charge is 0.354 e. The van der Waals surface area contributed by atoms with Crippen LogP contribution in [-0.4, -0.2) is 24.9 Å². The molecule has 0 amide bonds. The van der Waals surface area contributed by atoms with E-state index in [9.17, 15) is 10.5 Å². The number of fused-ring (bicyclic) bond motifs is 24. The Morgan fingerprint density at radius 1 is 0.347 bits per heavy atom. The number of nitrogens with one attached hydrogen (secondary N) is 2. The number of rotatable bonds is 2. The van der Waals surface area contributed by atoms with Gasteiger partial charge in [0.15, 0.2) is 5.82 Å². The molecule has 0 unspecified atom stereocenters. The molecule has 2 aliphatic heterocycles. The van der Waals surface area contributed by atoms with Gasteiger partial charge in [0.05, 0.1) is 51.4 Å². The molecule has 0 saturated carbocycles. The molecule has 0 atom stereocenters. The Kier molecular flexibility index (Phi) is 8.36. The number of hydrogen-bond acceptors (Lipinski definition) is 5. The van der Waals surface area contributed by atoms with Crippen molar-refractivity contribution in [3.05, 3.63) is 211 Å². The Morgan fingerprint density at radius 2 is 0.750 bits per heavy atom. The van der Waals surface area contributed by atoms with Crippen molar-refractivity contribution in [2.45, 2.75) is 0 Å². The van der Waals surface area contributed by atoms with Crippen LogP contribution in [0, 0.1) is 22.7 Å². The zero-order valence-corrected chi connectivity index (χ0v) is 38.3. The smallest absolute Gasteiger partial charge is 0.162 e. The average molecular weight is 914 g/mol. The summed E-state index contributed by atoms with van der Waals surface area (Å²) in [6.07, 6.45) is 0. The van der Waals surface area contributed by atoms with Gasteiger partial charge < -0.3 is 9.97 Å². The van der Waals surface area contributed by atoms with Crippen molar-refractivity contribution in [2.24, 2.45) is 0 Å². The number of benzene rings is 10. The zero-order valence-electron chi connectivity index (χ0n) is 38.3. The maximum Gasteiger partial charge on any atom is 0.162 e. The van der Waals surface area contributed by atoms with Gasteiger partial charge in [-0.15, -0.1) is 0 Å². The van der Waals surface area contributed by atoms with Crippen molar-refractivity contribution in [2.75, 3.05) is 0 Å². The first-order valence-electron chi connectivity index (χ1n) is 23.9. The number of aromatic amines is 2. The fourth-order valence-corrected chi connectivity index (χ4v) is 11.2. The zero-order chi connectivity index (χ0) is 47.6. The SMILES string of the molecule is N#Cc1ccc(-c2c3nc(nc4[nH]c(c(-c5ccc(C#N)cc5)c5nc(cc6[nH]c2c2cc7ccccc7cc62)-c2cc6ccccc6cc2-5)c2cc5ccccc5cc42)-c2cc4ccccc4cc2-3)cc1. The second kappa shape index (κ2) is 15.1. The Balaban J connectivity index is 1.22. The van der Waals surface area contributed by atoms with Crippen molar-refractivity contribution >= 4 is 86.8 Å². The van der Waals surface area contributed by atoms with E-state index in [0.717, 1.165) is 143 Å². The maximum atomic E-state index is 10.0. The lowest BCUT2D eigenvalue weighted by Crippen LogP contribution is -1.87. The molecular formula is C65H35N7. The Morgan fingerprint density at radius 3 is 1.26 bits per heavy atom. The summed E-state index contributed by atoms with van der Waals surface area (Å²) in [4.78, 5) is 25.0. The van der Waals surface area contributed by atoms with E-state index in [1.165, 1.54) is 0 Å². The lowest BCUT2D eigenvalue weighted by Gasteiger charge is -2.09. The van der Waals surface area contributed by atoms with Gasteiger partial charge in [-0.3, -0.25) is 0 Å². The van der Waals surface area contributed by atoms with Gasteiger partial charge in [-0.2, -0.15) is 10.5 Å². The number of nitrogens with zero attached hydrogens (tertiary/aromatic N) is 5. The minimum atomic E-state index is 0.572. The van der Waals surface area contributed by atoms with Gasteiger partial charge in [-0.05, 0) is 133 Å². The lowest BCUT2D eigenvalue weighted by molar-refractivity contribution is 1.27. The molecule has 330 valence electrons. The van der Waals surface area contributed by atoms with Gasteiger partial charge in [0.1, 0.15) is 5.65 Å². The van der Waals surface area contributed by atoms with E-state index in [-0.39, 0.29) is 0 Å². The first kappa shape index (κ1) is 39.8. The molecule has 15 rings (SSSR count). The molecule has 3 aromatic heterocycles. The summed E-state index contributed by atoms with van der Waals surface area (Å²) in [5.41, 5.74) is 14.3. The van der Waals surface area contributed by atoms with Gasteiger partial charge >= 0.3 is 0 Å². The van der Waals surface area contributed by atoms with Crippen LogP contribution in [0.15, 0.2) is 200 Å². The van der Waals surface area contributed by atoms with Crippen molar-refractivity contribution in [3.8, 4) is 79.6 Å².